The minimum Gasteiger partial charge on any atom is -0.479 e. The Kier molecular flexibility index (Phi) is 11.0. The van der Waals surface area contributed by atoms with Crippen LogP contribution in [0.25, 0.3) is 0 Å². The lowest BCUT2D eigenvalue weighted by molar-refractivity contribution is -0.271. The van der Waals surface area contributed by atoms with Crippen LogP contribution in [0.2, 0.25) is 0 Å². The molecule has 0 aliphatic carbocycles. The molecule has 7 N–H and O–H groups in total. The second kappa shape index (κ2) is 13.5. The van der Waals surface area contributed by atoms with Crippen molar-refractivity contribution in [2.24, 2.45) is 5.92 Å². The molecule has 1 fully saturated rings. The zero-order chi connectivity index (χ0) is 28.7. The summed E-state index contributed by atoms with van der Waals surface area (Å²) in [5.74, 6) is -3.33. The maximum Gasteiger partial charge on any atom is 0.335 e. The first kappa shape index (κ1) is 30.9. The van der Waals surface area contributed by atoms with Crippen LogP contribution < -0.4 is 20.7 Å². The molecule has 0 saturated carbocycles. The van der Waals surface area contributed by atoms with Gasteiger partial charge in [-0.15, -0.1) is 0 Å². The van der Waals surface area contributed by atoms with Gasteiger partial charge in [-0.05, 0) is 37.6 Å². The standard InChI is InChI=1S/C24H35N3O11/c1-10(2)16(25-5)22(33)26-11(3)21(32)27-14-7-6-13(9-36-12(4)28)8-15(14)37-24-19(31)17(29)18(30)20(38-24)23(34)35/h6-8,10-11,16-20,24-25,29-31H,9H2,1-5H3,(H,26,33)(H,27,32)(H,34,35)/t11-,16-,17-,18-,19+,20-,24+/m0/s1. The summed E-state index contributed by atoms with van der Waals surface area (Å²) in [4.78, 5) is 48.0. The number of anilines is 1. The number of aliphatic hydroxyl groups excluding tert-OH is 3. The van der Waals surface area contributed by atoms with Crippen molar-refractivity contribution >= 4 is 29.4 Å². The molecule has 1 heterocycles. The minimum absolute atomic E-state index is 0.0366. The fourth-order valence-corrected chi connectivity index (χ4v) is 3.69. The molecule has 14 nitrogen and oxygen atoms in total. The van der Waals surface area contributed by atoms with Crippen molar-refractivity contribution in [2.45, 2.75) is 77.1 Å². The molecule has 38 heavy (non-hydrogen) atoms. The molecule has 2 rings (SSSR count). The molecule has 7 atom stereocenters. The predicted molar refractivity (Wildman–Crippen MR) is 131 cm³/mol. The molecule has 1 aliphatic rings. The van der Waals surface area contributed by atoms with E-state index in [1.54, 1.807) is 7.05 Å². The van der Waals surface area contributed by atoms with E-state index < -0.39 is 60.6 Å². The van der Waals surface area contributed by atoms with Gasteiger partial charge in [0, 0.05) is 6.92 Å². The lowest BCUT2D eigenvalue weighted by Crippen LogP contribution is -2.61. The van der Waals surface area contributed by atoms with Gasteiger partial charge in [-0.25, -0.2) is 4.79 Å². The first-order chi connectivity index (χ1) is 17.8. The molecular formula is C24H35N3O11. The number of nitrogens with one attached hydrogen (secondary N) is 3. The van der Waals surface area contributed by atoms with E-state index in [2.05, 4.69) is 16.0 Å². The molecule has 0 unspecified atom stereocenters. The van der Waals surface area contributed by atoms with Crippen LogP contribution in [-0.2, 0) is 35.3 Å². The largest absolute Gasteiger partial charge is 0.479 e. The van der Waals surface area contributed by atoms with E-state index in [-0.39, 0.29) is 29.9 Å². The number of benzene rings is 1. The number of carboxylic acids is 1. The summed E-state index contributed by atoms with van der Waals surface area (Å²) in [6, 6.07) is 2.76. The van der Waals surface area contributed by atoms with Crippen LogP contribution in [0.3, 0.4) is 0 Å². The van der Waals surface area contributed by atoms with Crippen LogP contribution in [0, 0.1) is 5.92 Å². The maximum atomic E-state index is 12.9. The topological polar surface area (TPSA) is 213 Å². The Hall–Kier alpha value is -3.30. The highest BCUT2D eigenvalue weighted by Crippen LogP contribution is 2.31. The van der Waals surface area contributed by atoms with Crippen LogP contribution in [0.4, 0.5) is 5.69 Å². The monoisotopic (exact) mass is 541 g/mol. The zero-order valence-corrected chi connectivity index (χ0v) is 21.7. The molecule has 0 spiro atoms. The second-order valence-corrected chi connectivity index (χ2v) is 9.19. The number of hydrogen-bond donors (Lipinski definition) is 7. The zero-order valence-electron chi connectivity index (χ0n) is 21.7. The number of hydrogen-bond acceptors (Lipinski definition) is 11. The number of aliphatic carboxylic acids is 1. The Bertz CT molecular complexity index is 1020. The minimum atomic E-state index is -1.92. The summed E-state index contributed by atoms with van der Waals surface area (Å²) >= 11 is 0. The van der Waals surface area contributed by atoms with Gasteiger partial charge in [0.25, 0.3) is 0 Å². The number of likely N-dealkylation sites (N-methyl/N-ethyl adjacent to an activating group) is 1. The predicted octanol–water partition coefficient (Wildman–Crippen LogP) is -1.29. The average Bonchev–Trinajstić information content (AvgIpc) is 2.84. The van der Waals surface area contributed by atoms with Crippen LogP contribution in [0.1, 0.15) is 33.3 Å². The summed E-state index contributed by atoms with van der Waals surface area (Å²) < 4.78 is 15.8. The van der Waals surface area contributed by atoms with Crippen LogP contribution >= 0.6 is 0 Å². The van der Waals surface area contributed by atoms with Crippen molar-refractivity contribution in [3.8, 4) is 5.75 Å². The van der Waals surface area contributed by atoms with Gasteiger partial charge < -0.3 is 50.6 Å². The average molecular weight is 542 g/mol. The van der Waals surface area contributed by atoms with E-state index in [1.807, 2.05) is 13.8 Å². The van der Waals surface area contributed by atoms with E-state index in [0.717, 1.165) is 0 Å². The third-order valence-electron chi connectivity index (χ3n) is 5.81. The van der Waals surface area contributed by atoms with E-state index in [4.69, 9.17) is 14.2 Å². The Balaban J connectivity index is 2.29. The quantitative estimate of drug-likeness (QED) is 0.163. The number of carbonyl (C=O) groups excluding carboxylic acids is 3. The molecule has 1 aromatic carbocycles. The Morgan fingerprint density at radius 1 is 1.03 bits per heavy atom. The number of carbonyl (C=O) groups is 4. The van der Waals surface area contributed by atoms with Crippen LogP contribution in [0.15, 0.2) is 18.2 Å². The molecule has 1 aromatic rings. The van der Waals surface area contributed by atoms with Gasteiger partial charge in [0.15, 0.2) is 6.10 Å². The summed E-state index contributed by atoms with van der Waals surface area (Å²) in [6.45, 7) is 6.21. The molecule has 0 radical (unpaired) electrons. The highest BCUT2D eigenvalue weighted by molar-refractivity contribution is 5.98. The number of ether oxygens (including phenoxy) is 3. The van der Waals surface area contributed by atoms with E-state index in [0.29, 0.717) is 5.56 Å². The third kappa shape index (κ3) is 7.85. The van der Waals surface area contributed by atoms with Crippen LogP contribution in [0.5, 0.6) is 5.75 Å². The summed E-state index contributed by atoms with van der Waals surface area (Å²) in [7, 11) is 1.63. The van der Waals surface area contributed by atoms with Crippen molar-refractivity contribution in [3.63, 3.8) is 0 Å². The fourth-order valence-electron chi connectivity index (χ4n) is 3.69. The molecule has 14 heteroatoms. The number of esters is 1. The molecule has 0 bridgehead atoms. The molecule has 2 amide bonds. The molecule has 0 aromatic heterocycles. The number of amides is 2. The smallest absolute Gasteiger partial charge is 0.335 e. The second-order valence-electron chi connectivity index (χ2n) is 9.19. The van der Waals surface area contributed by atoms with Gasteiger partial charge >= 0.3 is 11.9 Å². The van der Waals surface area contributed by atoms with Gasteiger partial charge in [0.2, 0.25) is 18.1 Å². The lowest BCUT2D eigenvalue weighted by Gasteiger charge is -2.38. The van der Waals surface area contributed by atoms with Crippen molar-refractivity contribution in [3.05, 3.63) is 23.8 Å². The van der Waals surface area contributed by atoms with E-state index in [1.165, 1.54) is 32.0 Å². The highest BCUT2D eigenvalue weighted by Gasteiger charge is 2.48. The van der Waals surface area contributed by atoms with E-state index >= 15 is 0 Å². The van der Waals surface area contributed by atoms with E-state index in [9.17, 15) is 39.6 Å². The van der Waals surface area contributed by atoms with Crippen molar-refractivity contribution in [1.82, 2.24) is 10.6 Å². The van der Waals surface area contributed by atoms with Crippen molar-refractivity contribution < 1.29 is 53.8 Å². The van der Waals surface area contributed by atoms with Gasteiger partial charge in [0.1, 0.15) is 36.7 Å². The highest BCUT2D eigenvalue weighted by atomic mass is 16.7. The maximum absolute atomic E-state index is 12.9. The first-order valence-corrected chi connectivity index (χ1v) is 11.9. The van der Waals surface area contributed by atoms with Gasteiger partial charge in [0.05, 0.1) is 11.7 Å². The van der Waals surface area contributed by atoms with Crippen LogP contribution in [-0.4, -0.2) is 94.0 Å². The van der Waals surface area contributed by atoms with Crippen molar-refractivity contribution in [2.75, 3.05) is 12.4 Å². The summed E-state index contributed by atoms with van der Waals surface area (Å²) in [5, 5.41) is 47.7. The Morgan fingerprint density at radius 2 is 1.68 bits per heavy atom. The molecule has 212 valence electrons. The third-order valence-corrected chi connectivity index (χ3v) is 5.81. The molecule has 1 aliphatic heterocycles. The lowest BCUT2D eigenvalue weighted by atomic mass is 9.99. The number of rotatable bonds is 11. The Labute approximate surface area is 219 Å². The number of aliphatic hydroxyl groups is 3. The first-order valence-electron chi connectivity index (χ1n) is 11.9. The summed E-state index contributed by atoms with van der Waals surface area (Å²) in [6.07, 6.45) is -9.35. The molecular weight excluding hydrogens is 506 g/mol. The van der Waals surface area contributed by atoms with Gasteiger partial charge in [-0.1, -0.05) is 19.9 Å². The van der Waals surface area contributed by atoms with Gasteiger partial charge in [-0.3, -0.25) is 14.4 Å². The number of carboxylic acid groups (broad SMARTS) is 1. The van der Waals surface area contributed by atoms with Crippen molar-refractivity contribution in [1.29, 1.82) is 0 Å². The SMILES string of the molecule is CN[C@H](C(=O)N[C@@H](C)C(=O)Nc1ccc(COC(C)=O)cc1O[C@@H]1O[C@H](C(=O)O)[C@@H](O)[C@H](O)[C@H]1O)C(C)C. The molecule has 1 saturated heterocycles. The summed E-state index contributed by atoms with van der Waals surface area (Å²) in [5.41, 5.74) is 0.448. The van der Waals surface area contributed by atoms with Gasteiger partial charge in [-0.2, -0.15) is 0 Å². The normalized spacial score (nSPS) is 24.7. The Morgan fingerprint density at radius 3 is 2.24 bits per heavy atom. The fraction of sp³-hybridized carbons (Fsp3) is 0.583.